The van der Waals surface area contributed by atoms with Crippen molar-refractivity contribution < 1.29 is 9.90 Å². The predicted molar refractivity (Wildman–Crippen MR) is 42.1 cm³/mol. The largest absolute Gasteiger partial charge is 0.483 e. The van der Waals surface area contributed by atoms with Crippen LogP contribution in [0.25, 0.3) is 0 Å². The van der Waals surface area contributed by atoms with Crippen LogP contribution < -0.4 is 5.73 Å². The number of nitrogens with two attached hydrogens (primary N) is 1. The highest BCUT2D eigenvalue weighted by atomic mass is 16.3. The van der Waals surface area contributed by atoms with E-state index in [1.54, 1.807) is 6.07 Å². The third-order valence-corrected chi connectivity index (χ3v) is 0.910. The number of rotatable bonds is 0. The van der Waals surface area contributed by atoms with E-state index in [1.165, 1.54) is 0 Å². The number of nitrogen functional groups attached to an aromatic ring is 1. The Balaban J connectivity index is 0.000000292. The van der Waals surface area contributed by atoms with Gasteiger partial charge >= 0.3 is 0 Å². The summed E-state index contributed by atoms with van der Waals surface area (Å²) >= 11 is 0. The molecule has 4 nitrogen and oxygen atoms in total. The van der Waals surface area contributed by atoms with Crippen LogP contribution in [0, 0.1) is 6.92 Å². The molecule has 1 aromatic heterocycles. The van der Waals surface area contributed by atoms with Gasteiger partial charge in [-0.2, -0.15) is 0 Å². The van der Waals surface area contributed by atoms with E-state index >= 15 is 0 Å². The summed E-state index contributed by atoms with van der Waals surface area (Å²) in [6.07, 6.45) is 0. The van der Waals surface area contributed by atoms with Crippen molar-refractivity contribution in [2.75, 3.05) is 5.73 Å². The summed E-state index contributed by atoms with van der Waals surface area (Å²) < 4.78 is 0. The molecule has 1 aromatic rings. The number of carbonyl (C=O) groups is 1. The molecule has 0 fully saturated rings. The van der Waals surface area contributed by atoms with Crippen LogP contribution in [-0.4, -0.2) is 16.6 Å². The standard InChI is InChI=1S/C6H8N2.CH2O2/c1-5-3-2-4-6(7)8-5;2-1-3/h2-4H,1H3,(H2,7,8);1H,(H,2,3). The fraction of sp³-hybridized carbons (Fsp3) is 0.143. The maximum atomic E-state index is 8.36. The zero-order valence-corrected chi connectivity index (χ0v) is 6.19. The van der Waals surface area contributed by atoms with Gasteiger partial charge < -0.3 is 10.8 Å². The lowest BCUT2D eigenvalue weighted by Crippen LogP contribution is -1.89. The molecule has 0 atom stereocenters. The fourth-order valence-corrected chi connectivity index (χ4v) is 0.564. The zero-order chi connectivity index (χ0) is 8.69. The first-order chi connectivity index (χ1) is 5.20. The molecule has 0 saturated carbocycles. The van der Waals surface area contributed by atoms with Gasteiger partial charge in [0.1, 0.15) is 5.82 Å². The first-order valence-electron chi connectivity index (χ1n) is 2.97. The van der Waals surface area contributed by atoms with Gasteiger partial charge in [0.05, 0.1) is 0 Å². The maximum Gasteiger partial charge on any atom is 0.290 e. The number of anilines is 1. The summed E-state index contributed by atoms with van der Waals surface area (Å²) in [4.78, 5) is 12.3. The van der Waals surface area contributed by atoms with Crippen molar-refractivity contribution in [2.24, 2.45) is 0 Å². The maximum absolute atomic E-state index is 8.36. The Hall–Kier alpha value is -1.58. The first kappa shape index (κ1) is 9.42. The number of carboxylic acid groups (broad SMARTS) is 1. The average molecular weight is 154 g/mol. The Morgan fingerprint density at radius 2 is 2.18 bits per heavy atom. The number of nitrogens with zero attached hydrogens (tertiary/aromatic N) is 1. The second kappa shape index (κ2) is 5.22. The highest BCUT2D eigenvalue weighted by Gasteiger charge is 1.82. The number of hydrogen-bond donors (Lipinski definition) is 2. The van der Waals surface area contributed by atoms with Gasteiger partial charge in [0, 0.05) is 5.69 Å². The van der Waals surface area contributed by atoms with Gasteiger partial charge in [-0.3, -0.25) is 4.79 Å². The van der Waals surface area contributed by atoms with Crippen molar-refractivity contribution >= 4 is 12.3 Å². The molecular weight excluding hydrogens is 144 g/mol. The second-order valence-electron chi connectivity index (χ2n) is 1.81. The predicted octanol–water partition coefficient (Wildman–Crippen LogP) is 0.673. The molecule has 1 heterocycles. The van der Waals surface area contributed by atoms with Gasteiger partial charge in [-0.15, -0.1) is 0 Å². The van der Waals surface area contributed by atoms with Crippen molar-refractivity contribution in [3.05, 3.63) is 23.9 Å². The molecule has 0 aromatic carbocycles. The van der Waals surface area contributed by atoms with Crippen LogP contribution in [0.2, 0.25) is 0 Å². The van der Waals surface area contributed by atoms with Gasteiger partial charge in [-0.1, -0.05) is 6.07 Å². The summed E-state index contributed by atoms with van der Waals surface area (Å²) in [6.45, 7) is 1.66. The van der Waals surface area contributed by atoms with Crippen LogP contribution in [0.5, 0.6) is 0 Å². The van der Waals surface area contributed by atoms with Gasteiger partial charge in [0.15, 0.2) is 0 Å². The summed E-state index contributed by atoms with van der Waals surface area (Å²) in [6, 6.07) is 5.57. The molecule has 0 aliphatic carbocycles. The van der Waals surface area contributed by atoms with E-state index in [-0.39, 0.29) is 6.47 Å². The van der Waals surface area contributed by atoms with Crippen LogP contribution in [0.4, 0.5) is 5.82 Å². The van der Waals surface area contributed by atoms with Crippen molar-refractivity contribution in [3.8, 4) is 0 Å². The molecule has 11 heavy (non-hydrogen) atoms. The van der Waals surface area contributed by atoms with Gasteiger partial charge in [0.25, 0.3) is 6.47 Å². The quantitative estimate of drug-likeness (QED) is 0.538. The number of hydrogen-bond acceptors (Lipinski definition) is 3. The number of pyridine rings is 1. The first-order valence-corrected chi connectivity index (χ1v) is 2.97. The highest BCUT2D eigenvalue weighted by molar-refractivity contribution is 5.32. The Morgan fingerprint density at radius 1 is 1.64 bits per heavy atom. The van der Waals surface area contributed by atoms with Crippen LogP contribution in [0.1, 0.15) is 5.69 Å². The summed E-state index contributed by atoms with van der Waals surface area (Å²) in [5.41, 5.74) is 6.31. The van der Waals surface area contributed by atoms with Crippen LogP contribution in [0.3, 0.4) is 0 Å². The van der Waals surface area contributed by atoms with Crippen LogP contribution in [-0.2, 0) is 4.79 Å². The van der Waals surface area contributed by atoms with E-state index in [0.717, 1.165) is 5.69 Å². The lowest BCUT2D eigenvalue weighted by Gasteiger charge is -1.90. The molecule has 4 heteroatoms. The van der Waals surface area contributed by atoms with E-state index in [0.29, 0.717) is 5.82 Å². The molecule has 0 saturated heterocycles. The third kappa shape index (κ3) is 4.90. The molecule has 0 bridgehead atoms. The Bertz CT molecular complexity index is 208. The molecule has 0 unspecified atom stereocenters. The Labute approximate surface area is 64.7 Å². The average Bonchev–Trinajstić information content (AvgIpc) is 1.88. The highest BCUT2D eigenvalue weighted by Crippen LogP contribution is 1.96. The molecule has 0 aliphatic rings. The SMILES string of the molecule is Cc1cccc(N)n1.O=CO. The lowest BCUT2D eigenvalue weighted by molar-refractivity contribution is -0.122. The lowest BCUT2D eigenvalue weighted by atomic mass is 10.4. The Kier molecular flexibility index (Phi) is 4.47. The van der Waals surface area contributed by atoms with Gasteiger partial charge in [-0.05, 0) is 19.1 Å². The van der Waals surface area contributed by atoms with Crippen molar-refractivity contribution in [1.82, 2.24) is 4.98 Å². The van der Waals surface area contributed by atoms with E-state index in [4.69, 9.17) is 15.6 Å². The smallest absolute Gasteiger partial charge is 0.290 e. The van der Waals surface area contributed by atoms with Crippen LogP contribution in [0.15, 0.2) is 18.2 Å². The van der Waals surface area contributed by atoms with Crippen molar-refractivity contribution in [1.29, 1.82) is 0 Å². The summed E-state index contributed by atoms with van der Waals surface area (Å²) in [5.74, 6) is 0.588. The van der Waals surface area contributed by atoms with E-state index in [1.807, 2.05) is 19.1 Å². The molecule has 0 amide bonds. The minimum absolute atomic E-state index is 0.250. The monoisotopic (exact) mass is 154 g/mol. The minimum atomic E-state index is -0.250. The number of aromatic nitrogens is 1. The van der Waals surface area contributed by atoms with Crippen molar-refractivity contribution in [3.63, 3.8) is 0 Å². The Morgan fingerprint density at radius 3 is 2.45 bits per heavy atom. The molecule has 60 valence electrons. The minimum Gasteiger partial charge on any atom is -0.483 e. The molecule has 0 spiro atoms. The topological polar surface area (TPSA) is 76.2 Å². The van der Waals surface area contributed by atoms with Crippen molar-refractivity contribution in [2.45, 2.75) is 6.92 Å². The van der Waals surface area contributed by atoms with Gasteiger partial charge in [0.2, 0.25) is 0 Å². The van der Waals surface area contributed by atoms with Gasteiger partial charge in [-0.25, -0.2) is 4.98 Å². The fourth-order valence-electron chi connectivity index (χ4n) is 0.564. The molecule has 0 aliphatic heterocycles. The molecule has 1 rings (SSSR count). The summed E-state index contributed by atoms with van der Waals surface area (Å²) in [7, 11) is 0. The summed E-state index contributed by atoms with van der Waals surface area (Å²) in [5, 5.41) is 6.89. The van der Waals surface area contributed by atoms with Crippen LogP contribution >= 0.6 is 0 Å². The van der Waals surface area contributed by atoms with E-state index in [2.05, 4.69) is 4.98 Å². The van der Waals surface area contributed by atoms with E-state index in [9.17, 15) is 0 Å². The normalized spacial score (nSPS) is 7.73. The molecule has 3 N–H and O–H groups in total. The zero-order valence-electron chi connectivity index (χ0n) is 6.19. The second-order valence-corrected chi connectivity index (χ2v) is 1.81. The number of aryl methyl sites for hydroxylation is 1. The van der Waals surface area contributed by atoms with E-state index < -0.39 is 0 Å². The third-order valence-electron chi connectivity index (χ3n) is 0.910. The molecular formula is C7H10N2O2. The molecule has 0 radical (unpaired) electrons.